The van der Waals surface area contributed by atoms with Gasteiger partial charge in [0.25, 0.3) is 0 Å². The fraction of sp³-hybridized carbons (Fsp3) is 0. The van der Waals surface area contributed by atoms with Crippen molar-refractivity contribution in [3.05, 3.63) is 11.6 Å². The third-order valence-electron chi connectivity index (χ3n) is 0.402. The fourth-order valence-electron chi connectivity index (χ4n) is 0.192. The molecule has 0 aromatic carbocycles. The van der Waals surface area contributed by atoms with Crippen LogP contribution in [-0.2, 0) is 0 Å². The Labute approximate surface area is 55.4 Å². The van der Waals surface area contributed by atoms with Crippen LogP contribution in [0.25, 0.3) is 0 Å². The fourth-order valence-corrected chi connectivity index (χ4v) is 1.51. The molecule has 0 radical (unpaired) electrons. The molecule has 1 aromatic rings. The van der Waals surface area contributed by atoms with Crippen molar-refractivity contribution in [1.29, 1.82) is 0 Å². The molecule has 0 atom stereocenters. The van der Waals surface area contributed by atoms with Crippen molar-refractivity contribution >= 4 is 14.8 Å². The van der Waals surface area contributed by atoms with Crippen LogP contribution in [0.15, 0.2) is 11.6 Å². The first-order chi connectivity index (χ1) is 2.89. The number of rotatable bonds is 0. The quantitative estimate of drug-likeness (QED) is 0.671. The van der Waals surface area contributed by atoms with E-state index in [0.29, 0.717) is 0 Å². The SMILES string of the molecule is [At]c1cnsc1. The molecule has 1 aromatic heterocycles. The number of aromatic nitrogens is 1. The Morgan fingerprint density at radius 1 is 1.83 bits per heavy atom. The van der Waals surface area contributed by atoms with E-state index >= 15 is 0 Å². The molecular weight excluding hydrogens is 292 g/mol. The van der Waals surface area contributed by atoms with Gasteiger partial charge in [-0.25, -0.2) is 0 Å². The van der Waals surface area contributed by atoms with Crippen molar-refractivity contribution in [2.45, 2.75) is 0 Å². The molecule has 0 saturated carbocycles. The van der Waals surface area contributed by atoms with E-state index in [9.17, 15) is 0 Å². The molecule has 3 heteroatoms. The van der Waals surface area contributed by atoms with Crippen LogP contribution in [0.1, 0.15) is 0 Å². The van der Waals surface area contributed by atoms with E-state index in [1.165, 1.54) is 14.8 Å². The maximum atomic E-state index is 3.88. The van der Waals surface area contributed by atoms with Crippen molar-refractivity contribution in [3.63, 3.8) is 0 Å². The molecule has 32 valence electrons. The summed E-state index contributed by atoms with van der Waals surface area (Å²) in [5, 5.41) is 2.04. The van der Waals surface area contributed by atoms with Crippen LogP contribution in [0, 0.1) is 24.7 Å². The molecule has 0 aliphatic rings. The van der Waals surface area contributed by atoms with Crippen LogP contribution in [0.2, 0.25) is 0 Å². The molecule has 0 amide bonds. The first-order valence-corrected chi connectivity index (χ1v) is 3.75. The molecule has 0 bridgehead atoms. The Balaban J connectivity index is 3.05. The summed E-state index contributed by atoms with van der Waals surface area (Å²) in [6.45, 7) is 0. The van der Waals surface area contributed by atoms with Gasteiger partial charge in [0.1, 0.15) is 0 Å². The summed E-state index contributed by atoms with van der Waals surface area (Å²) in [5.41, 5.74) is 0. The summed E-state index contributed by atoms with van der Waals surface area (Å²) >= 11 is 3.18. The first kappa shape index (κ1) is 4.67. The zero-order valence-electron chi connectivity index (χ0n) is 2.89. The van der Waals surface area contributed by atoms with E-state index in [0.717, 1.165) is 0 Å². The molecule has 6 heavy (non-hydrogen) atoms. The van der Waals surface area contributed by atoms with Crippen LogP contribution in [0.3, 0.4) is 0 Å². The summed E-state index contributed by atoms with van der Waals surface area (Å²) in [6.07, 6.45) is 1.88. The van der Waals surface area contributed by atoms with Crippen LogP contribution in [0.4, 0.5) is 0 Å². The molecule has 0 spiro atoms. The minimum absolute atomic E-state index is 1.31. The second-order valence-electron chi connectivity index (χ2n) is 0.843. The van der Waals surface area contributed by atoms with Crippen LogP contribution >= 0.6 is 11.5 Å². The summed E-state index contributed by atoms with van der Waals surface area (Å²) < 4.78 is 5.18. The van der Waals surface area contributed by atoms with Gasteiger partial charge in [-0.15, -0.1) is 0 Å². The Morgan fingerprint density at radius 3 is 2.83 bits per heavy atom. The molecule has 0 saturated heterocycles. The van der Waals surface area contributed by atoms with Gasteiger partial charge in [-0.2, -0.15) is 0 Å². The van der Waals surface area contributed by atoms with E-state index in [1.807, 2.05) is 11.6 Å². The molecule has 1 rings (SSSR count). The van der Waals surface area contributed by atoms with Crippen molar-refractivity contribution in [1.82, 2.24) is 4.37 Å². The minimum atomic E-state index is 1.31. The first-order valence-electron chi connectivity index (χ1n) is 1.44. The van der Waals surface area contributed by atoms with Gasteiger partial charge in [0.05, 0.1) is 0 Å². The van der Waals surface area contributed by atoms with E-state index in [1.54, 1.807) is 24.7 Å². The summed E-state index contributed by atoms with van der Waals surface area (Å²) in [5.74, 6) is 0. The number of nitrogens with zero attached hydrogens (tertiary/aromatic N) is 1. The topological polar surface area (TPSA) is 12.9 Å². The molecule has 0 aliphatic heterocycles. The summed E-state index contributed by atoms with van der Waals surface area (Å²) in [6, 6.07) is 0. The predicted octanol–water partition coefficient (Wildman–Crippen LogP) is 0.318. The summed E-state index contributed by atoms with van der Waals surface area (Å²) in [7, 11) is 0. The molecular formula is C3H2AtNS. The zero-order chi connectivity index (χ0) is 4.41. The van der Waals surface area contributed by atoms with Gasteiger partial charge in [-0.05, 0) is 0 Å². The summed E-state index contributed by atoms with van der Waals surface area (Å²) in [4.78, 5) is 0. The van der Waals surface area contributed by atoms with Gasteiger partial charge in [0.2, 0.25) is 0 Å². The van der Waals surface area contributed by atoms with Crippen molar-refractivity contribution in [2.75, 3.05) is 0 Å². The van der Waals surface area contributed by atoms with Gasteiger partial charge in [0, 0.05) is 0 Å². The Kier molecular flexibility index (Phi) is 1.55. The molecule has 0 N–H and O–H groups in total. The second-order valence-corrected chi connectivity index (χ2v) is 3.20. The van der Waals surface area contributed by atoms with E-state index in [2.05, 4.69) is 4.37 Å². The van der Waals surface area contributed by atoms with E-state index in [-0.39, 0.29) is 0 Å². The van der Waals surface area contributed by atoms with Gasteiger partial charge in [0.15, 0.2) is 0 Å². The van der Waals surface area contributed by atoms with Crippen LogP contribution < -0.4 is 3.27 Å². The molecule has 1 nitrogen and oxygen atoms in total. The van der Waals surface area contributed by atoms with Crippen LogP contribution in [0.5, 0.6) is 0 Å². The normalized spacial score (nSPS) is 8.83. The molecule has 1 heterocycles. The third-order valence-corrected chi connectivity index (χ3v) is 2.38. The molecule has 0 unspecified atom stereocenters. The number of hydrogen-bond donors (Lipinski definition) is 0. The van der Waals surface area contributed by atoms with Gasteiger partial charge < -0.3 is 0 Å². The van der Waals surface area contributed by atoms with Gasteiger partial charge >= 0.3 is 55.5 Å². The monoisotopic (exact) mass is 294 g/mol. The average Bonchev–Trinajstić information content (AvgIpc) is 1.86. The molecule has 0 aliphatic carbocycles. The van der Waals surface area contributed by atoms with Crippen LogP contribution in [-0.4, -0.2) is 4.37 Å². The Bertz CT molecular complexity index is 114. The van der Waals surface area contributed by atoms with Gasteiger partial charge in [-0.3, -0.25) is 0 Å². The van der Waals surface area contributed by atoms with Gasteiger partial charge in [-0.1, -0.05) is 0 Å². The number of hydrogen-bond acceptors (Lipinski definition) is 2. The van der Waals surface area contributed by atoms with Crippen molar-refractivity contribution < 1.29 is 24.7 Å². The van der Waals surface area contributed by atoms with Crippen molar-refractivity contribution in [3.8, 4) is 0 Å². The maximum absolute atomic E-state index is 3.88. The predicted molar refractivity (Wildman–Crippen MR) is 21.7 cm³/mol. The van der Waals surface area contributed by atoms with Crippen molar-refractivity contribution in [2.24, 2.45) is 0 Å². The van der Waals surface area contributed by atoms with E-state index < -0.39 is 0 Å². The third kappa shape index (κ3) is 0.987. The second kappa shape index (κ2) is 1.99. The Hall–Kier alpha value is 0.513. The molecule has 0 fully saturated rings. The Morgan fingerprint density at radius 2 is 2.67 bits per heavy atom. The average molecular weight is 294 g/mol. The standard InChI is InChI=1S/C3H2AtNS/c4-3-1-5-6-2-3/h1-2H. The zero-order valence-corrected chi connectivity index (χ0v) is 6.64. The van der Waals surface area contributed by atoms with E-state index in [4.69, 9.17) is 0 Å².